The van der Waals surface area contributed by atoms with Crippen LogP contribution in [0.3, 0.4) is 0 Å². The summed E-state index contributed by atoms with van der Waals surface area (Å²) >= 11 is 11.8. The molecule has 0 radical (unpaired) electrons. The summed E-state index contributed by atoms with van der Waals surface area (Å²) in [6, 6.07) is 11.4. The van der Waals surface area contributed by atoms with Gasteiger partial charge >= 0.3 is 0 Å². The number of carbonyl (C=O) groups is 2. The van der Waals surface area contributed by atoms with Crippen molar-refractivity contribution in [2.45, 2.75) is 20.0 Å². The van der Waals surface area contributed by atoms with Gasteiger partial charge in [0.15, 0.2) is 11.9 Å². The van der Waals surface area contributed by atoms with Gasteiger partial charge in [0.2, 0.25) is 0 Å². The zero-order chi connectivity index (χ0) is 17.0. The molecule has 1 amide bonds. The third kappa shape index (κ3) is 4.98. The smallest absolute Gasteiger partial charge is 0.265 e. The Morgan fingerprint density at radius 2 is 1.61 bits per heavy atom. The highest BCUT2D eigenvalue weighted by molar-refractivity contribution is 6.34. The highest BCUT2D eigenvalue weighted by Gasteiger charge is 2.15. The van der Waals surface area contributed by atoms with Crippen LogP contribution in [0, 0.1) is 0 Å². The summed E-state index contributed by atoms with van der Waals surface area (Å²) < 4.78 is 5.54. The lowest BCUT2D eigenvalue weighted by atomic mass is 10.1. The Morgan fingerprint density at radius 3 is 2.13 bits per heavy atom. The van der Waals surface area contributed by atoms with Crippen LogP contribution in [-0.2, 0) is 4.79 Å². The predicted molar refractivity (Wildman–Crippen MR) is 91.6 cm³/mol. The second-order valence-electron chi connectivity index (χ2n) is 4.99. The van der Waals surface area contributed by atoms with Gasteiger partial charge in [-0.1, -0.05) is 23.2 Å². The van der Waals surface area contributed by atoms with E-state index in [0.717, 1.165) is 0 Å². The summed E-state index contributed by atoms with van der Waals surface area (Å²) in [5.74, 6) is 0.0613. The number of rotatable bonds is 5. The van der Waals surface area contributed by atoms with Gasteiger partial charge in [-0.15, -0.1) is 0 Å². The maximum Gasteiger partial charge on any atom is 0.265 e. The van der Waals surface area contributed by atoms with Crippen molar-refractivity contribution in [3.05, 3.63) is 58.1 Å². The van der Waals surface area contributed by atoms with E-state index in [0.29, 0.717) is 27.0 Å². The van der Waals surface area contributed by atoms with Crippen LogP contribution in [0.1, 0.15) is 24.2 Å². The van der Waals surface area contributed by atoms with Crippen molar-refractivity contribution in [1.82, 2.24) is 0 Å². The highest BCUT2D eigenvalue weighted by atomic mass is 35.5. The molecule has 1 unspecified atom stereocenters. The monoisotopic (exact) mass is 351 g/mol. The second kappa shape index (κ2) is 7.49. The number of nitrogens with one attached hydrogen (secondary N) is 1. The molecule has 4 nitrogen and oxygen atoms in total. The fourth-order valence-electron chi connectivity index (χ4n) is 1.89. The number of carbonyl (C=O) groups excluding carboxylic acids is 2. The second-order valence-corrected chi connectivity index (χ2v) is 5.86. The van der Waals surface area contributed by atoms with Crippen molar-refractivity contribution in [3.8, 4) is 5.75 Å². The molecule has 1 atom stereocenters. The van der Waals surface area contributed by atoms with Crippen LogP contribution in [0.5, 0.6) is 5.75 Å². The third-order valence-corrected chi connectivity index (χ3v) is 3.51. The van der Waals surface area contributed by atoms with E-state index in [9.17, 15) is 9.59 Å². The van der Waals surface area contributed by atoms with Gasteiger partial charge < -0.3 is 10.1 Å². The number of ether oxygens (including phenoxy) is 1. The molecule has 0 spiro atoms. The van der Waals surface area contributed by atoms with Crippen molar-refractivity contribution in [3.63, 3.8) is 0 Å². The van der Waals surface area contributed by atoms with Crippen molar-refractivity contribution in [2.75, 3.05) is 5.32 Å². The first kappa shape index (κ1) is 17.3. The third-order valence-electron chi connectivity index (χ3n) is 3.08. The SMILES string of the molecule is CC(=O)c1ccc(NC(=O)C(C)Oc2cc(Cl)cc(Cl)c2)cc1. The molecule has 1 N–H and O–H groups in total. The molecule has 0 heterocycles. The molecule has 23 heavy (non-hydrogen) atoms. The van der Waals surface area contributed by atoms with Gasteiger partial charge in [0.1, 0.15) is 5.75 Å². The van der Waals surface area contributed by atoms with Crippen LogP contribution in [0.2, 0.25) is 10.0 Å². The van der Waals surface area contributed by atoms with E-state index < -0.39 is 6.10 Å². The molecule has 0 saturated heterocycles. The Labute approximate surface area is 144 Å². The molecule has 0 aliphatic rings. The van der Waals surface area contributed by atoms with Gasteiger partial charge in [-0.2, -0.15) is 0 Å². The minimum atomic E-state index is -0.739. The number of hydrogen-bond donors (Lipinski definition) is 1. The Hall–Kier alpha value is -2.04. The Balaban J connectivity index is 2.00. The number of halogens is 2. The number of anilines is 1. The van der Waals surface area contributed by atoms with E-state index in [2.05, 4.69) is 5.32 Å². The zero-order valence-corrected chi connectivity index (χ0v) is 14.1. The summed E-state index contributed by atoms with van der Waals surface area (Å²) in [6.07, 6.45) is -0.739. The maximum absolute atomic E-state index is 12.1. The molecule has 2 aromatic rings. The van der Waals surface area contributed by atoms with Crippen LogP contribution in [-0.4, -0.2) is 17.8 Å². The van der Waals surface area contributed by atoms with E-state index in [1.54, 1.807) is 49.4 Å². The molecule has 120 valence electrons. The van der Waals surface area contributed by atoms with Crippen LogP contribution < -0.4 is 10.1 Å². The highest BCUT2D eigenvalue weighted by Crippen LogP contribution is 2.25. The molecule has 6 heteroatoms. The number of amides is 1. The van der Waals surface area contributed by atoms with E-state index in [-0.39, 0.29) is 11.7 Å². The predicted octanol–water partition coefficient (Wildman–Crippen LogP) is 4.60. The quantitative estimate of drug-likeness (QED) is 0.800. The molecule has 0 fully saturated rings. The summed E-state index contributed by atoms with van der Waals surface area (Å²) in [7, 11) is 0. The summed E-state index contributed by atoms with van der Waals surface area (Å²) in [5, 5.41) is 3.58. The van der Waals surface area contributed by atoms with Crippen molar-refractivity contribution >= 4 is 40.6 Å². The average molecular weight is 352 g/mol. The van der Waals surface area contributed by atoms with Crippen LogP contribution in [0.15, 0.2) is 42.5 Å². The van der Waals surface area contributed by atoms with E-state index in [1.165, 1.54) is 6.92 Å². The Morgan fingerprint density at radius 1 is 1.04 bits per heavy atom. The summed E-state index contributed by atoms with van der Waals surface area (Å²) in [5.41, 5.74) is 1.17. The zero-order valence-electron chi connectivity index (χ0n) is 12.6. The fourth-order valence-corrected chi connectivity index (χ4v) is 2.39. The Kier molecular flexibility index (Phi) is 5.64. The van der Waals surface area contributed by atoms with E-state index >= 15 is 0 Å². The fraction of sp³-hybridized carbons (Fsp3) is 0.176. The van der Waals surface area contributed by atoms with Gasteiger partial charge in [0.05, 0.1) is 0 Å². The number of hydrogen-bond acceptors (Lipinski definition) is 3. The molecule has 2 aromatic carbocycles. The maximum atomic E-state index is 12.1. The number of ketones is 1. The lowest BCUT2D eigenvalue weighted by Gasteiger charge is -2.15. The summed E-state index contributed by atoms with van der Waals surface area (Å²) in [6.45, 7) is 3.10. The molecule has 0 saturated carbocycles. The number of Topliss-reactive ketones (excluding diaryl/α,β-unsaturated/α-hetero) is 1. The topological polar surface area (TPSA) is 55.4 Å². The first-order chi connectivity index (χ1) is 10.8. The van der Waals surface area contributed by atoms with Crippen LogP contribution in [0.25, 0.3) is 0 Å². The molecule has 0 aromatic heterocycles. The van der Waals surface area contributed by atoms with Gasteiger partial charge in [-0.3, -0.25) is 9.59 Å². The standard InChI is InChI=1S/C17H15Cl2NO3/c1-10(21)12-3-5-15(6-4-12)20-17(22)11(2)23-16-8-13(18)7-14(19)9-16/h3-9,11H,1-2H3,(H,20,22). The van der Waals surface area contributed by atoms with Crippen LogP contribution in [0.4, 0.5) is 5.69 Å². The molecular formula is C17H15Cl2NO3. The van der Waals surface area contributed by atoms with Crippen molar-refractivity contribution in [2.24, 2.45) is 0 Å². The average Bonchev–Trinajstić information content (AvgIpc) is 2.46. The van der Waals surface area contributed by atoms with Gasteiger partial charge in [0.25, 0.3) is 5.91 Å². The largest absolute Gasteiger partial charge is 0.481 e. The van der Waals surface area contributed by atoms with E-state index in [4.69, 9.17) is 27.9 Å². The van der Waals surface area contributed by atoms with Crippen molar-refractivity contribution < 1.29 is 14.3 Å². The van der Waals surface area contributed by atoms with Gasteiger partial charge in [-0.25, -0.2) is 0 Å². The van der Waals surface area contributed by atoms with Crippen LogP contribution >= 0.6 is 23.2 Å². The van der Waals surface area contributed by atoms with Gasteiger partial charge in [0, 0.05) is 21.3 Å². The first-order valence-electron chi connectivity index (χ1n) is 6.90. The first-order valence-corrected chi connectivity index (χ1v) is 7.65. The lowest BCUT2D eigenvalue weighted by Crippen LogP contribution is -2.30. The Bertz CT molecular complexity index is 709. The molecule has 0 bridgehead atoms. The van der Waals surface area contributed by atoms with Gasteiger partial charge in [-0.05, 0) is 56.3 Å². The minimum absolute atomic E-state index is 0.0302. The molecular weight excluding hydrogens is 337 g/mol. The van der Waals surface area contributed by atoms with E-state index in [1.807, 2.05) is 0 Å². The molecule has 2 rings (SSSR count). The summed E-state index contributed by atoms with van der Waals surface area (Å²) in [4.78, 5) is 23.4. The van der Waals surface area contributed by atoms with Crippen molar-refractivity contribution in [1.29, 1.82) is 0 Å². The normalized spacial score (nSPS) is 11.7. The minimum Gasteiger partial charge on any atom is -0.481 e. The molecule has 0 aliphatic heterocycles. The number of benzene rings is 2. The molecule has 0 aliphatic carbocycles. The lowest BCUT2D eigenvalue weighted by molar-refractivity contribution is -0.122.